The van der Waals surface area contributed by atoms with E-state index in [0.29, 0.717) is 28.8 Å². The number of hydrogen-bond donors (Lipinski definition) is 4. The Morgan fingerprint density at radius 2 is 0.825 bits per heavy atom. The molecule has 0 saturated heterocycles. The van der Waals surface area contributed by atoms with Crippen molar-refractivity contribution in [3.05, 3.63) is 178 Å². The quantitative estimate of drug-likeness (QED) is 0.103. The zero-order valence-corrected chi connectivity index (χ0v) is 30.3. The van der Waals surface area contributed by atoms with Gasteiger partial charge in [0, 0.05) is 40.7 Å². The van der Waals surface area contributed by atoms with E-state index in [1.165, 1.54) is 30.6 Å². The van der Waals surface area contributed by atoms with E-state index in [4.69, 9.17) is 0 Å². The summed E-state index contributed by atoms with van der Waals surface area (Å²) in [4.78, 5) is 7.51. The third kappa shape index (κ3) is 8.76. The maximum absolute atomic E-state index is 15.1. The number of aromatic nitrogens is 2. The smallest absolute Gasteiger partial charge is 0.324 e. The van der Waals surface area contributed by atoms with Crippen LogP contribution in [0.4, 0.5) is 30.7 Å². The molecule has 2 heterocycles. The second kappa shape index (κ2) is 17.3. The number of halogens is 7. The highest BCUT2D eigenvalue weighted by Crippen LogP contribution is 2.47. The van der Waals surface area contributed by atoms with Gasteiger partial charge in [-0.25, -0.2) is 13.2 Å². The molecule has 0 amide bonds. The Hall–Kier alpha value is -5.47. The molecule has 6 aromatic rings. The highest BCUT2D eigenvalue weighted by atomic mass is 19.3. The van der Waals surface area contributed by atoms with Gasteiger partial charge >= 0.3 is 11.8 Å². The summed E-state index contributed by atoms with van der Waals surface area (Å²) in [5, 5.41) is 40.1. The Balaban J connectivity index is 0.000000248. The van der Waals surface area contributed by atoms with E-state index in [9.17, 15) is 33.6 Å². The molecule has 6 rings (SSSR count). The van der Waals surface area contributed by atoms with Crippen molar-refractivity contribution in [1.29, 1.82) is 0 Å². The molecule has 300 valence electrons. The van der Waals surface area contributed by atoms with Gasteiger partial charge in [0.05, 0.1) is 13.2 Å². The molecule has 0 spiro atoms. The van der Waals surface area contributed by atoms with Crippen molar-refractivity contribution in [3.8, 4) is 22.3 Å². The summed E-state index contributed by atoms with van der Waals surface area (Å²) in [7, 11) is 0. The molecule has 0 aliphatic rings. The number of alkyl halides is 4. The molecule has 0 radical (unpaired) electrons. The van der Waals surface area contributed by atoms with Crippen LogP contribution in [-0.2, 0) is 23.0 Å². The predicted molar refractivity (Wildman–Crippen MR) is 203 cm³/mol. The van der Waals surface area contributed by atoms with Crippen LogP contribution in [-0.4, -0.2) is 43.6 Å². The molecular weight excluding hydrogens is 753 g/mol. The van der Waals surface area contributed by atoms with Crippen molar-refractivity contribution in [2.45, 2.75) is 51.2 Å². The van der Waals surface area contributed by atoms with Crippen LogP contribution in [0.2, 0.25) is 0 Å². The molecule has 0 fully saturated rings. The fourth-order valence-electron chi connectivity index (χ4n) is 5.90. The molecular formula is C44H41F7N2O4. The number of aliphatic hydroxyl groups is 4. The summed E-state index contributed by atoms with van der Waals surface area (Å²) in [6.45, 7) is 2.57. The Bertz CT molecular complexity index is 2110. The number of nitrogens with zero attached hydrogens (tertiary/aromatic N) is 2. The number of benzene rings is 4. The second-order valence-corrected chi connectivity index (χ2v) is 13.4. The van der Waals surface area contributed by atoms with E-state index >= 15 is 17.6 Å². The molecule has 13 heteroatoms. The Morgan fingerprint density at radius 3 is 1.16 bits per heavy atom. The molecule has 4 N–H and O–H groups in total. The van der Waals surface area contributed by atoms with Gasteiger partial charge in [0.2, 0.25) is 0 Å². The standard InChI is InChI=1S/C22H20F3NO2.C21H17F4NO2.CH4/c1-14-3-6-16(7-4-14)17-8-10-20(26-12-17)22(24,25)21(28,13-27)18-9-5-15(2)11-19(18)23;1-13-2-4-14(5-3-13)15-6-9-19(26-11-15)21(24,25)20(28,12-27)17-8-7-16(22)10-18(17)23;/h3-12,27-28H,13H2,1-2H3;2-11,27-28H,12H2,1H3;1H4/t21-;20-;/m01./s1. The first-order valence-electron chi connectivity index (χ1n) is 17.1. The van der Waals surface area contributed by atoms with Crippen molar-refractivity contribution in [3.63, 3.8) is 0 Å². The third-order valence-corrected chi connectivity index (χ3v) is 9.38. The summed E-state index contributed by atoms with van der Waals surface area (Å²) < 4.78 is 102. The van der Waals surface area contributed by atoms with E-state index in [1.807, 2.05) is 62.4 Å². The fourth-order valence-corrected chi connectivity index (χ4v) is 5.90. The Labute approximate surface area is 325 Å². The largest absolute Gasteiger partial charge is 0.393 e. The van der Waals surface area contributed by atoms with Crippen LogP contribution >= 0.6 is 0 Å². The lowest BCUT2D eigenvalue weighted by atomic mass is 9.85. The molecule has 0 bridgehead atoms. The maximum Gasteiger partial charge on any atom is 0.324 e. The second-order valence-electron chi connectivity index (χ2n) is 13.4. The lowest BCUT2D eigenvalue weighted by Gasteiger charge is -2.34. The van der Waals surface area contributed by atoms with Gasteiger partial charge in [-0.15, -0.1) is 0 Å². The summed E-state index contributed by atoms with van der Waals surface area (Å²) in [6.07, 6.45) is 2.46. The maximum atomic E-state index is 15.1. The molecule has 6 nitrogen and oxygen atoms in total. The van der Waals surface area contributed by atoms with Gasteiger partial charge in [0.15, 0.2) is 11.2 Å². The number of aryl methyl sites for hydroxylation is 3. The predicted octanol–water partition coefficient (Wildman–Crippen LogP) is 9.42. The topological polar surface area (TPSA) is 107 Å². The first-order chi connectivity index (χ1) is 26.4. The van der Waals surface area contributed by atoms with Gasteiger partial charge < -0.3 is 20.4 Å². The molecule has 0 aliphatic heterocycles. The van der Waals surface area contributed by atoms with Crippen molar-refractivity contribution in [2.75, 3.05) is 13.2 Å². The monoisotopic (exact) mass is 794 g/mol. The average Bonchev–Trinajstić information content (AvgIpc) is 3.18. The van der Waals surface area contributed by atoms with E-state index in [2.05, 4.69) is 9.97 Å². The van der Waals surface area contributed by atoms with Crippen LogP contribution in [0.3, 0.4) is 0 Å². The lowest BCUT2D eigenvalue weighted by molar-refractivity contribution is -0.216. The molecule has 4 aromatic carbocycles. The van der Waals surface area contributed by atoms with Crippen LogP contribution in [0.25, 0.3) is 22.3 Å². The van der Waals surface area contributed by atoms with Crippen LogP contribution in [0.1, 0.15) is 46.6 Å². The van der Waals surface area contributed by atoms with Gasteiger partial charge in [0.25, 0.3) is 0 Å². The van der Waals surface area contributed by atoms with E-state index in [0.717, 1.165) is 52.6 Å². The minimum absolute atomic E-state index is 0. The van der Waals surface area contributed by atoms with Crippen molar-refractivity contribution >= 4 is 0 Å². The minimum atomic E-state index is -4.15. The van der Waals surface area contributed by atoms with Crippen molar-refractivity contribution < 1.29 is 51.2 Å². The van der Waals surface area contributed by atoms with Gasteiger partial charge in [-0.1, -0.05) is 91.3 Å². The van der Waals surface area contributed by atoms with Crippen molar-refractivity contribution in [2.24, 2.45) is 0 Å². The SMILES string of the molecule is C.Cc1ccc(-c2ccc(C(F)(F)[C@@](O)(CO)c3ccc(F)cc3F)nc2)cc1.Cc1ccc(-c2ccc(C(F)(F)[C@](O)(CO)c3ccc(C)cc3F)nc2)cc1. The first kappa shape index (κ1) is 44.2. The van der Waals surface area contributed by atoms with Gasteiger partial charge in [0.1, 0.15) is 28.8 Å². The summed E-state index contributed by atoms with van der Waals surface area (Å²) in [6, 6.07) is 24.9. The summed E-state index contributed by atoms with van der Waals surface area (Å²) in [5.41, 5.74) is -4.35. The van der Waals surface area contributed by atoms with Crippen LogP contribution < -0.4 is 0 Å². The molecule has 57 heavy (non-hydrogen) atoms. The van der Waals surface area contributed by atoms with Crippen LogP contribution in [0.15, 0.2) is 122 Å². The Kier molecular flexibility index (Phi) is 13.5. The number of aliphatic hydroxyl groups excluding tert-OH is 2. The van der Waals surface area contributed by atoms with Gasteiger partial charge in [-0.3, -0.25) is 9.97 Å². The molecule has 2 atom stereocenters. The molecule has 0 saturated carbocycles. The van der Waals surface area contributed by atoms with Gasteiger partial charge in [-0.05, 0) is 67.8 Å². The van der Waals surface area contributed by atoms with E-state index in [-0.39, 0.29) is 7.43 Å². The normalized spacial score (nSPS) is 13.7. The van der Waals surface area contributed by atoms with E-state index < -0.39 is 76.2 Å². The number of rotatable bonds is 10. The zero-order chi connectivity index (χ0) is 41.1. The highest BCUT2D eigenvalue weighted by Gasteiger charge is 2.58. The molecule has 2 aromatic heterocycles. The lowest BCUT2D eigenvalue weighted by Crippen LogP contribution is -2.47. The van der Waals surface area contributed by atoms with Gasteiger partial charge in [-0.2, -0.15) is 17.6 Å². The Morgan fingerprint density at radius 1 is 0.474 bits per heavy atom. The van der Waals surface area contributed by atoms with E-state index in [1.54, 1.807) is 6.92 Å². The summed E-state index contributed by atoms with van der Waals surface area (Å²) in [5.74, 6) is -11.6. The minimum Gasteiger partial charge on any atom is -0.393 e. The molecule has 0 aliphatic carbocycles. The van der Waals surface area contributed by atoms with Crippen molar-refractivity contribution in [1.82, 2.24) is 9.97 Å². The zero-order valence-electron chi connectivity index (χ0n) is 30.3. The first-order valence-corrected chi connectivity index (χ1v) is 17.1. The highest BCUT2D eigenvalue weighted by molar-refractivity contribution is 5.63. The number of hydrogen-bond acceptors (Lipinski definition) is 6. The third-order valence-electron chi connectivity index (χ3n) is 9.38. The molecule has 0 unspecified atom stereocenters. The van der Waals surface area contributed by atoms with Crippen LogP contribution in [0, 0.1) is 38.2 Å². The summed E-state index contributed by atoms with van der Waals surface area (Å²) >= 11 is 0. The number of pyridine rings is 2. The fraction of sp³-hybridized carbons (Fsp3) is 0.227. The van der Waals surface area contributed by atoms with Crippen LogP contribution in [0.5, 0.6) is 0 Å². The average molecular weight is 795 g/mol.